The first-order valence-corrected chi connectivity index (χ1v) is 6.80. The number of hydrogen-bond acceptors (Lipinski definition) is 3. The molecule has 4 heteroatoms. The predicted octanol–water partition coefficient (Wildman–Crippen LogP) is 3.31. The van der Waals surface area contributed by atoms with E-state index in [1.165, 1.54) is 5.56 Å². The predicted molar refractivity (Wildman–Crippen MR) is 80.2 cm³/mol. The van der Waals surface area contributed by atoms with Gasteiger partial charge < -0.3 is 9.14 Å². The zero-order valence-corrected chi connectivity index (χ0v) is 12.0. The summed E-state index contributed by atoms with van der Waals surface area (Å²) in [5, 5.41) is 0. The Morgan fingerprint density at radius 3 is 2.67 bits per heavy atom. The monoisotopic (exact) mass is 280 g/mol. The van der Waals surface area contributed by atoms with Crippen molar-refractivity contribution in [3.8, 4) is 0 Å². The summed E-state index contributed by atoms with van der Waals surface area (Å²) in [6, 6.07) is 11.8. The van der Waals surface area contributed by atoms with Gasteiger partial charge in [-0.05, 0) is 37.1 Å². The maximum atomic E-state index is 12.0. The first kappa shape index (κ1) is 13.4. The number of aromatic nitrogens is 2. The second-order valence-corrected chi connectivity index (χ2v) is 5.16. The zero-order valence-electron chi connectivity index (χ0n) is 12.0. The number of aryl methyl sites for hydroxylation is 2. The Hall–Kier alpha value is -2.62. The van der Waals surface area contributed by atoms with E-state index in [9.17, 15) is 4.79 Å². The first-order chi connectivity index (χ1) is 10.1. The van der Waals surface area contributed by atoms with Gasteiger partial charge in [0.1, 0.15) is 12.3 Å². The van der Waals surface area contributed by atoms with Crippen LogP contribution in [0.25, 0.3) is 5.65 Å². The van der Waals surface area contributed by atoms with Crippen molar-refractivity contribution < 1.29 is 9.53 Å². The lowest BCUT2D eigenvalue weighted by Crippen LogP contribution is -2.05. The van der Waals surface area contributed by atoms with E-state index < -0.39 is 5.97 Å². The van der Waals surface area contributed by atoms with Crippen LogP contribution in [0.15, 0.2) is 48.8 Å². The van der Waals surface area contributed by atoms with Gasteiger partial charge in [-0.15, -0.1) is 0 Å². The fraction of sp³-hybridized carbons (Fsp3) is 0.176. The van der Waals surface area contributed by atoms with Crippen molar-refractivity contribution in [2.75, 3.05) is 0 Å². The van der Waals surface area contributed by atoms with Gasteiger partial charge in [-0.2, -0.15) is 0 Å². The average molecular weight is 280 g/mol. The number of fused-ring (bicyclic) bond motifs is 1. The number of esters is 1. The van der Waals surface area contributed by atoms with E-state index >= 15 is 0 Å². The van der Waals surface area contributed by atoms with Crippen LogP contribution in [0.3, 0.4) is 0 Å². The van der Waals surface area contributed by atoms with E-state index in [2.05, 4.69) is 4.98 Å². The molecule has 0 fully saturated rings. The van der Waals surface area contributed by atoms with E-state index in [1.54, 1.807) is 6.20 Å². The molecule has 0 atom stereocenters. The highest BCUT2D eigenvalue weighted by Gasteiger charge is 2.12. The van der Waals surface area contributed by atoms with Gasteiger partial charge in [0.05, 0.1) is 0 Å². The molecule has 0 amide bonds. The number of ether oxygens (including phenoxy) is 1. The summed E-state index contributed by atoms with van der Waals surface area (Å²) in [4.78, 5) is 16.3. The minimum atomic E-state index is -0.406. The van der Waals surface area contributed by atoms with Crippen LogP contribution in [0.4, 0.5) is 0 Å². The average Bonchev–Trinajstić information content (AvgIpc) is 2.89. The van der Waals surface area contributed by atoms with E-state index in [4.69, 9.17) is 4.74 Å². The lowest BCUT2D eigenvalue weighted by molar-refractivity contribution is 0.0466. The molecule has 0 aliphatic heterocycles. The highest BCUT2D eigenvalue weighted by molar-refractivity contribution is 5.88. The van der Waals surface area contributed by atoms with Gasteiger partial charge in [0.15, 0.2) is 5.69 Å². The van der Waals surface area contributed by atoms with Gasteiger partial charge in [0, 0.05) is 12.4 Å². The van der Waals surface area contributed by atoms with Crippen LogP contribution >= 0.6 is 0 Å². The number of carbonyl (C=O) groups excluding carboxylic acids is 1. The molecule has 0 aliphatic carbocycles. The Kier molecular flexibility index (Phi) is 3.44. The molecule has 3 aromatic rings. The molecular weight excluding hydrogens is 264 g/mol. The highest BCUT2D eigenvalue weighted by Crippen LogP contribution is 2.10. The Morgan fingerprint density at radius 1 is 1.14 bits per heavy atom. The molecule has 0 aliphatic rings. The molecule has 0 radical (unpaired) electrons. The first-order valence-electron chi connectivity index (χ1n) is 6.80. The van der Waals surface area contributed by atoms with Crippen molar-refractivity contribution in [1.82, 2.24) is 9.38 Å². The number of nitrogens with zero attached hydrogens (tertiary/aromatic N) is 2. The molecular formula is C17H16N2O2. The number of carbonyl (C=O) groups is 1. The van der Waals surface area contributed by atoms with Crippen LogP contribution in [0, 0.1) is 13.8 Å². The Bertz CT molecular complexity index is 788. The normalized spacial score (nSPS) is 10.8. The summed E-state index contributed by atoms with van der Waals surface area (Å²) in [5.41, 5.74) is 4.33. The Labute approximate surface area is 123 Å². The van der Waals surface area contributed by atoms with Crippen molar-refractivity contribution in [3.05, 3.63) is 71.2 Å². The van der Waals surface area contributed by atoms with Gasteiger partial charge in [-0.3, -0.25) is 0 Å². The third-order valence-corrected chi connectivity index (χ3v) is 3.32. The maximum absolute atomic E-state index is 12.0. The number of imidazole rings is 1. The van der Waals surface area contributed by atoms with Gasteiger partial charge in [0.2, 0.25) is 0 Å². The van der Waals surface area contributed by atoms with Crippen LogP contribution < -0.4 is 0 Å². The molecule has 2 heterocycles. The topological polar surface area (TPSA) is 43.6 Å². The molecule has 0 bridgehead atoms. The van der Waals surface area contributed by atoms with Crippen LogP contribution in [0.2, 0.25) is 0 Å². The third-order valence-electron chi connectivity index (χ3n) is 3.32. The zero-order chi connectivity index (χ0) is 14.8. The SMILES string of the molecule is Cc1ccc(COC(=O)c2cn3ccc(C)cc3n2)cc1. The summed E-state index contributed by atoms with van der Waals surface area (Å²) in [6.07, 6.45) is 3.57. The third kappa shape index (κ3) is 2.94. The van der Waals surface area contributed by atoms with Gasteiger partial charge >= 0.3 is 5.97 Å². The van der Waals surface area contributed by atoms with Gasteiger partial charge in [-0.25, -0.2) is 9.78 Å². The molecule has 2 aromatic heterocycles. The van der Waals surface area contributed by atoms with E-state index in [0.29, 0.717) is 5.69 Å². The van der Waals surface area contributed by atoms with Crippen LogP contribution in [0.5, 0.6) is 0 Å². The summed E-state index contributed by atoms with van der Waals surface area (Å²) < 4.78 is 7.11. The van der Waals surface area contributed by atoms with Gasteiger partial charge in [0.25, 0.3) is 0 Å². The summed E-state index contributed by atoms with van der Waals surface area (Å²) >= 11 is 0. The molecule has 4 nitrogen and oxygen atoms in total. The maximum Gasteiger partial charge on any atom is 0.358 e. The summed E-state index contributed by atoms with van der Waals surface area (Å²) in [7, 11) is 0. The number of hydrogen-bond donors (Lipinski definition) is 0. The molecule has 0 unspecified atom stereocenters. The minimum Gasteiger partial charge on any atom is -0.456 e. The van der Waals surface area contributed by atoms with Crippen molar-refractivity contribution in [3.63, 3.8) is 0 Å². The van der Waals surface area contributed by atoms with Crippen LogP contribution in [-0.4, -0.2) is 15.4 Å². The van der Waals surface area contributed by atoms with Crippen molar-refractivity contribution in [2.45, 2.75) is 20.5 Å². The standard InChI is InChI=1S/C17H16N2O2/c1-12-3-5-14(6-4-12)11-21-17(20)15-10-19-8-7-13(2)9-16(19)18-15/h3-10H,11H2,1-2H3. The highest BCUT2D eigenvalue weighted by atomic mass is 16.5. The molecule has 21 heavy (non-hydrogen) atoms. The Balaban J connectivity index is 1.73. The van der Waals surface area contributed by atoms with Crippen molar-refractivity contribution in [2.24, 2.45) is 0 Å². The minimum absolute atomic E-state index is 0.256. The number of benzene rings is 1. The van der Waals surface area contributed by atoms with E-state index in [0.717, 1.165) is 16.8 Å². The second kappa shape index (κ2) is 5.40. The lowest BCUT2D eigenvalue weighted by atomic mass is 10.2. The molecule has 0 saturated heterocycles. The summed E-state index contributed by atoms with van der Waals surface area (Å²) in [6.45, 7) is 4.27. The fourth-order valence-electron chi connectivity index (χ4n) is 2.09. The Morgan fingerprint density at radius 2 is 1.90 bits per heavy atom. The molecule has 3 rings (SSSR count). The van der Waals surface area contributed by atoms with Gasteiger partial charge in [-0.1, -0.05) is 29.8 Å². The number of pyridine rings is 1. The fourth-order valence-corrected chi connectivity index (χ4v) is 2.09. The van der Waals surface area contributed by atoms with Crippen LogP contribution in [-0.2, 0) is 11.3 Å². The summed E-state index contributed by atoms with van der Waals surface area (Å²) in [5.74, 6) is -0.406. The number of rotatable bonds is 3. The lowest BCUT2D eigenvalue weighted by Gasteiger charge is -2.03. The van der Waals surface area contributed by atoms with Crippen molar-refractivity contribution in [1.29, 1.82) is 0 Å². The van der Waals surface area contributed by atoms with E-state index in [1.807, 2.05) is 60.8 Å². The molecule has 0 N–H and O–H groups in total. The largest absolute Gasteiger partial charge is 0.456 e. The molecule has 106 valence electrons. The quantitative estimate of drug-likeness (QED) is 0.691. The van der Waals surface area contributed by atoms with Crippen LogP contribution in [0.1, 0.15) is 27.2 Å². The van der Waals surface area contributed by atoms with Crippen molar-refractivity contribution >= 4 is 11.6 Å². The van der Waals surface area contributed by atoms with E-state index in [-0.39, 0.29) is 6.61 Å². The molecule has 1 aromatic carbocycles. The molecule has 0 saturated carbocycles. The smallest absolute Gasteiger partial charge is 0.358 e. The molecule has 0 spiro atoms. The second-order valence-electron chi connectivity index (χ2n) is 5.16.